The monoisotopic (exact) mass is 434 g/mol. The highest BCUT2D eigenvalue weighted by molar-refractivity contribution is 5.99. The van der Waals surface area contributed by atoms with Crippen LogP contribution in [0.25, 0.3) is 11.3 Å². The molecule has 1 unspecified atom stereocenters. The molecule has 2 heterocycles. The molecule has 3 aromatic rings. The molecular formula is C23H26N6O3. The highest BCUT2D eigenvalue weighted by Gasteiger charge is 2.16. The fourth-order valence-corrected chi connectivity index (χ4v) is 3.50. The Balaban J connectivity index is 1.26. The second-order valence-corrected chi connectivity index (χ2v) is 7.61. The highest BCUT2D eigenvalue weighted by Crippen LogP contribution is 2.23. The van der Waals surface area contributed by atoms with E-state index in [9.17, 15) is 9.59 Å². The quantitative estimate of drug-likeness (QED) is 0.397. The third-order valence-corrected chi connectivity index (χ3v) is 5.17. The standard InChI is InChI=1S/C23H26N6O3/c1-15-5-2-3-7-19(15)20-13-21(29-28-20)27-23(31)26-17-10-8-16(9-11-17)25-22(30)24-14-18-6-4-12-32-18/h2-3,5,7-11,13,18H,4,6,12,14H2,1H3,(H2,24,25,30)(H3,26,27,28,29,31). The van der Waals surface area contributed by atoms with Crippen LogP contribution in [0.2, 0.25) is 0 Å². The molecule has 0 radical (unpaired) electrons. The van der Waals surface area contributed by atoms with Crippen molar-refractivity contribution in [3.05, 3.63) is 60.2 Å². The molecule has 9 nitrogen and oxygen atoms in total. The van der Waals surface area contributed by atoms with Crippen LogP contribution in [0, 0.1) is 6.92 Å². The predicted molar refractivity (Wildman–Crippen MR) is 124 cm³/mol. The largest absolute Gasteiger partial charge is 0.376 e. The molecule has 0 saturated carbocycles. The number of amides is 4. The number of nitrogens with one attached hydrogen (secondary N) is 5. The molecule has 1 aromatic heterocycles. The van der Waals surface area contributed by atoms with Crippen LogP contribution in [0.5, 0.6) is 0 Å². The first kappa shape index (κ1) is 21.4. The first-order valence-corrected chi connectivity index (χ1v) is 10.5. The zero-order chi connectivity index (χ0) is 22.3. The van der Waals surface area contributed by atoms with Gasteiger partial charge in [-0.05, 0) is 49.6 Å². The smallest absolute Gasteiger partial charge is 0.324 e. The zero-order valence-electron chi connectivity index (χ0n) is 17.8. The number of rotatable bonds is 6. The molecule has 0 bridgehead atoms. The summed E-state index contributed by atoms with van der Waals surface area (Å²) >= 11 is 0. The Bertz CT molecular complexity index is 1070. The number of benzene rings is 2. The summed E-state index contributed by atoms with van der Waals surface area (Å²) in [6.45, 7) is 3.26. The van der Waals surface area contributed by atoms with E-state index in [-0.39, 0.29) is 12.1 Å². The van der Waals surface area contributed by atoms with Crippen LogP contribution in [-0.2, 0) is 4.74 Å². The fraction of sp³-hybridized carbons (Fsp3) is 0.261. The summed E-state index contributed by atoms with van der Waals surface area (Å²) in [5.74, 6) is 0.418. The van der Waals surface area contributed by atoms with E-state index < -0.39 is 6.03 Å². The van der Waals surface area contributed by atoms with Crippen molar-refractivity contribution in [3.63, 3.8) is 0 Å². The van der Waals surface area contributed by atoms with E-state index in [0.717, 1.165) is 36.3 Å². The van der Waals surface area contributed by atoms with Crippen molar-refractivity contribution >= 4 is 29.3 Å². The number of nitrogens with zero attached hydrogens (tertiary/aromatic N) is 1. The first-order chi connectivity index (χ1) is 15.6. The number of ether oxygens (including phenoxy) is 1. The van der Waals surface area contributed by atoms with Crippen LogP contribution in [0.15, 0.2) is 54.6 Å². The summed E-state index contributed by atoms with van der Waals surface area (Å²) in [6, 6.07) is 15.9. The number of hydrogen-bond acceptors (Lipinski definition) is 4. The summed E-state index contributed by atoms with van der Waals surface area (Å²) in [5, 5.41) is 18.1. The van der Waals surface area contributed by atoms with Gasteiger partial charge >= 0.3 is 12.1 Å². The lowest BCUT2D eigenvalue weighted by atomic mass is 10.1. The molecule has 5 N–H and O–H groups in total. The number of urea groups is 2. The van der Waals surface area contributed by atoms with E-state index in [4.69, 9.17) is 4.74 Å². The number of aromatic amines is 1. The average molecular weight is 435 g/mol. The molecule has 1 aliphatic rings. The summed E-state index contributed by atoms with van der Waals surface area (Å²) in [5.41, 5.74) is 4.17. The van der Waals surface area contributed by atoms with Crippen molar-refractivity contribution in [2.45, 2.75) is 25.9 Å². The van der Waals surface area contributed by atoms with Gasteiger partial charge in [-0.1, -0.05) is 24.3 Å². The number of aromatic nitrogens is 2. The Hall–Kier alpha value is -3.85. The van der Waals surface area contributed by atoms with Crippen molar-refractivity contribution < 1.29 is 14.3 Å². The molecule has 32 heavy (non-hydrogen) atoms. The minimum Gasteiger partial charge on any atom is -0.376 e. The summed E-state index contributed by atoms with van der Waals surface area (Å²) in [4.78, 5) is 24.3. The van der Waals surface area contributed by atoms with E-state index in [2.05, 4.69) is 31.5 Å². The maximum Gasteiger partial charge on any atom is 0.324 e. The van der Waals surface area contributed by atoms with Gasteiger partial charge in [0, 0.05) is 36.2 Å². The van der Waals surface area contributed by atoms with Gasteiger partial charge in [0.2, 0.25) is 0 Å². The minimum atomic E-state index is -0.414. The van der Waals surface area contributed by atoms with Gasteiger partial charge in [0.05, 0.1) is 11.8 Å². The second kappa shape index (κ2) is 9.97. The molecule has 4 rings (SSSR count). The molecule has 0 aliphatic carbocycles. The second-order valence-electron chi connectivity index (χ2n) is 7.61. The molecule has 2 aromatic carbocycles. The van der Waals surface area contributed by atoms with Gasteiger partial charge in [-0.25, -0.2) is 9.59 Å². The highest BCUT2D eigenvalue weighted by atomic mass is 16.5. The topological polar surface area (TPSA) is 120 Å². The molecule has 1 atom stereocenters. The molecule has 166 valence electrons. The van der Waals surface area contributed by atoms with Crippen LogP contribution in [0.1, 0.15) is 18.4 Å². The Kier molecular flexibility index (Phi) is 6.66. The van der Waals surface area contributed by atoms with Crippen molar-refractivity contribution in [1.82, 2.24) is 15.5 Å². The van der Waals surface area contributed by atoms with Crippen LogP contribution >= 0.6 is 0 Å². The SMILES string of the molecule is Cc1ccccc1-c1cc(NC(=O)Nc2ccc(NC(=O)NCC3CCCO3)cc2)n[nH]1. The van der Waals surface area contributed by atoms with Gasteiger partial charge in [0.15, 0.2) is 5.82 Å². The number of H-pyrrole nitrogens is 1. The lowest BCUT2D eigenvalue weighted by Crippen LogP contribution is -2.35. The van der Waals surface area contributed by atoms with Crippen LogP contribution < -0.4 is 21.3 Å². The Morgan fingerprint density at radius 1 is 1.03 bits per heavy atom. The summed E-state index contributed by atoms with van der Waals surface area (Å²) < 4.78 is 5.48. The Morgan fingerprint density at radius 2 is 1.75 bits per heavy atom. The number of hydrogen-bond donors (Lipinski definition) is 5. The van der Waals surface area contributed by atoms with E-state index in [1.54, 1.807) is 30.3 Å². The van der Waals surface area contributed by atoms with Crippen molar-refractivity contribution in [2.24, 2.45) is 0 Å². The van der Waals surface area contributed by atoms with Crippen LogP contribution in [0.3, 0.4) is 0 Å². The molecule has 1 saturated heterocycles. The van der Waals surface area contributed by atoms with Crippen LogP contribution in [-0.4, -0.2) is 41.5 Å². The fourth-order valence-electron chi connectivity index (χ4n) is 3.50. The molecule has 1 fully saturated rings. The van der Waals surface area contributed by atoms with Gasteiger partial charge in [-0.15, -0.1) is 0 Å². The van der Waals surface area contributed by atoms with Crippen molar-refractivity contribution in [3.8, 4) is 11.3 Å². The molecule has 9 heteroatoms. The van der Waals surface area contributed by atoms with Gasteiger partial charge in [-0.2, -0.15) is 5.10 Å². The van der Waals surface area contributed by atoms with E-state index in [1.807, 2.05) is 31.2 Å². The average Bonchev–Trinajstić information content (AvgIpc) is 3.46. The van der Waals surface area contributed by atoms with Crippen molar-refractivity contribution in [2.75, 3.05) is 29.1 Å². The number of carbonyl (C=O) groups is 2. The predicted octanol–water partition coefficient (Wildman–Crippen LogP) is 4.33. The van der Waals surface area contributed by atoms with Crippen LogP contribution in [0.4, 0.5) is 26.8 Å². The molecular weight excluding hydrogens is 408 g/mol. The number of anilines is 3. The lowest BCUT2D eigenvalue weighted by molar-refractivity contribution is 0.112. The third-order valence-electron chi connectivity index (χ3n) is 5.17. The maximum atomic E-state index is 12.3. The van der Waals surface area contributed by atoms with Gasteiger partial charge in [0.25, 0.3) is 0 Å². The van der Waals surface area contributed by atoms with E-state index in [1.165, 1.54) is 0 Å². The van der Waals surface area contributed by atoms with Gasteiger partial charge < -0.3 is 20.7 Å². The number of carbonyl (C=O) groups excluding carboxylic acids is 2. The van der Waals surface area contributed by atoms with Crippen molar-refractivity contribution in [1.29, 1.82) is 0 Å². The molecule has 1 aliphatic heterocycles. The van der Waals surface area contributed by atoms with E-state index in [0.29, 0.717) is 23.7 Å². The van der Waals surface area contributed by atoms with Gasteiger partial charge in [-0.3, -0.25) is 10.4 Å². The third kappa shape index (κ3) is 5.64. The number of aryl methyl sites for hydroxylation is 1. The lowest BCUT2D eigenvalue weighted by Gasteiger charge is -2.12. The summed E-state index contributed by atoms with van der Waals surface area (Å²) in [7, 11) is 0. The summed E-state index contributed by atoms with van der Waals surface area (Å²) in [6.07, 6.45) is 2.09. The maximum absolute atomic E-state index is 12.3. The zero-order valence-corrected chi connectivity index (χ0v) is 17.8. The minimum absolute atomic E-state index is 0.0909. The Morgan fingerprint density at radius 3 is 2.44 bits per heavy atom. The van der Waals surface area contributed by atoms with E-state index >= 15 is 0 Å². The molecule has 4 amide bonds. The Labute approximate surface area is 185 Å². The molecule has 0 spiro atoms. The normalized spacial score (nSPS) is 15.2. The first-order valence-electron chi connectivity index (χ1n) is 10.5. The van der Waals surface area contributed by atoms with Gasteiger partial charge in [0.1, 0.15) is 0 Å².